The quantitative estimate of drug-likeness (QED) is 0.711. The Morgan fingerprint density at radius 2 is 2.07 bits per heavy atom. The summed E-state index contributed by atoms with van der Waals surface area (Å²) >= 11 is 1.45. The van der Waals surface area contributed by atoms with Crippen LogP contribution in [-0.2, 0) is 6.42 Å². The van der Waals surface area contributed by atoms with Gasteiger partial charge in [0.2, 0.25) is 0 Å². The van der Waals surface area contributed by atoms with Gasteiger partial charge in [-0.15, -0.1) is 11.3 Å². The van der Waals surface area contributed by atoms with Crippen LogP contribution in [0.3, 0.4) is 0 Å². The summed E-state index contributed by atoms with van der Waals surface area (Å²) in [6, 6.07) is 9.32. The summed E-state index contributed by atoms with van der Waals surface area (Å²) in [6.07, 6.45) is 3.23. The van der Waals surface area contributed by atoms with E-state index in [0.717, 1.165) is 29.4 Å². The number of para-hydroxylation sites is 1. The number of nitrogens with one attached hydrogen (secondary N) is 2. The lowest BCUT2D eigenvalue weighted by atomic mass is 10.2. The molecule has 0 bridgehead atoms. The Morgan fingerprint density at radius 3 is 2.81 bits per heavy atom. The van der Waals surface area contributed by atoms with Gasteiger partial charge in [-0.25, -0.2) is 9.97 Å². The average molecular weight is 381 g/mol. The number of carbonyl (C=O) groups is 2. The van der Waals surface area contributed by atoms with E-state index in [1.165, 1.54) is 11.3 Å². The predicted molar refractivity (Wildman–Crippen MR) is 103 cm³/mol. The van der Waals surface area contributed by atoms with E-state index in [4.69, 9.17) is 0 Å². The van der Waals surface area contributed by atoms with Crippen LogP contribution in [0.2, 0.25) is 0 Å². The highest BCUT2D eigenvalue weighted by atomic mass is 32.1. The first-order valence-electron chi connectivity index (χ1n) is 8.74. The molecule has 7 nitrogen and oxygen atoms in total. The first-order chi connectivity index (χ1) is 13.1. The molecule has 1 aromatic carbocycles. The lowest BCUT2D eigenvalue weighted by Crippen LogP contribution is -2.31. The van der Waals surface area contributed by atoms with Crippen LogP contribution in [0, 0.1) is 6.92 Å². The lowest BCUT2D eigenvalue weighted by molar-refractivity contribution is 0.0943. The summed E-state index contributed by atoms with van der Waals surface area (Å²) in [6.45, 7) is 2.30. The fraction of sp³-hybridized carbons (Fsp3) is 0.263. The highest BCUT2D eigenvalue weighted by Gasteiger charge is 2.29. The van der Waals surface area contributed by atoms with Crippen LogP contribution in [0.4, 0.5) is 5.69 Å². The van der Waals surface area contributed by atoms with E-state index in [0.29, 0.717) is 17.9 Å². The number of hydrogen-bond donors (Lipinski definition) is 2. The molecule has 2 aromatic heterocycles. The Labute approximate surface area is 160 Å². The summed E-state index contributed by atoms with van der Waals surface area (Å²) in [5.74, 6) is 0.480. The van der Waals surface area contributed by atoms with Gasteiger partial charge < -0.3 is 15.2 Å². The molecule has 0 fully saturated rings. The van der Waals surface area contributed by atoms with Crippen LogP contribution in [0.25, 0.3) is 0 Å². The summed E-state index contributed by atoms with van der Waals surface area (Å²) in [4.78, 5) is 33.5. The molecule has 3 aromatic rings. The summed E-state index contributed by atoms with van der Waals surface area (Å²) in [5.41, 5.74) is 1.68. The van der Waals surface area contributed by atoms with Crippen LogP contribution in [0.5, 0.6) is 0 Å². The van der Waals surface area contributed by atoms with E-state index in [2.05, 4.69) is 20.6 Å². The first kappa shape index (κ1) is 17.4. The smallest absolute Gasteiger partial charge is 0.273 e. The van der Waals surface area contributed by atoms with Crippen molar-refractivity contribution in [2.75, 3.05) is 11.9 Å². The molecule has 0 saturated heterocycles. The standard InChI is InChI=1S/C19H19N5O2S/c1-12-22-15(11-27-12)18(25)21-9-14-7-8-17-20-10-16(24(14)17)19(26)23-13-5-3-2-4-6-13/h2-6,10-11,14H,7-9H2,1H3,(H,21,25)(H,23,26). The molecular weight excluding hydrogens is 362 g/mol. The fourth-order valence-electron chi connectivity index (χ4n) is 3.26. The highest BCUT2D eigenvalue weighted by molar-refractivity contribution is 7.09. The second-order valence-corrected chi connectivity index (χ2v) is 7.47. The molecule has 2 amide bonds. The molecule has 27 heavy (non-hydrogen) atoms. The molecule has 1 unspecified atom stereocenters. The number of anilines is 1. The Kier molecular flexibility index (Phi) is 4.72. The number of amides is 2. The molecule has 2 N–H and O–H groups in total. The van der Waals surface area contributed by atoms with Gasteiger partial charge in [0.1, 0.15) is 17.2 Å². The van der Waals surface area contributed by atoms with Gasteiger partial charge in [0.15, 0.2) is 0 Å². The Bertz CT molecular complexity index is 979. The Balaban J connectivity index is 1.46. The molecule has 1 atom stereocenters. The molecule has 0 saturated carbocycles. The van der Waals surface area contributed by atoms with Crippen molar-refractivity contribution >= 4 is 28.8 Å². The molecular formula is C19H19N5O2S. The van der Waals surface area contributed by atoms with Crippen molar-refractivity contribution in [1.82, 2.24) is 19.9 Å². The number of nitrogens with zero attached hydrogens (tertiary/aromatic N) is 3. The molecule has 0 radical (unpaired) electrons. The number of benzene rings is 1. The average Bonchev–Trinajstić information content (AvgIpc) is 3.37. The number of imidazole rings is 1. The van der Waals surface area contributed by atoms with Gasteiger partial charge in [-0.1, -0.05) is 18.2 Å². The Morgan fingerprint density at radius 1 is 1.26 bits per heavy atom. The van der Waals surface area contributed by atoms with Gasteiger partial charge in [-0.2, -0.15) is 0 Å². The number of rotatable bonds is 5. The second-order valence-electron chi connectivity index (χ2n) is 6.40. The largest absolute Gasteiger partial charge is 0.349 e. The summed E-state index contributed by atoms with van der Waals surface area (Å²) in [5, 5.41) is 8.43. The minimum Gasteiger partial charge on any atom is -0.349 e. The zero-order valence-corrected chi connectivity index (χ0v) is 15.6. The maximum absolute atomic E-state index is 12.7. The minimum atomic E-state index is -0.201. The Hall–Kier alpha value is -3.00. The summed E-state index contributed by atoms with van der Waals surface area (Å²) < 4.78 is 1.94. The van der Waals surface area contributed by atoms with Crippen LogP contribution in [0.15, 0.2) is 41.9 Å². The van der Waals surface area contributed by atoms with E-state index in [1.54, 1.807) is 11.6 Å². The van der Waals surface area contributed by atoms with Crippen molar-refractivity contribution in [2.45, 2.75) is 25.8 Å². The van der Waals surface area contributed by atoms with Crippen LogP contribution >= 0.6 is 11.3 Å². The first-order valence-corrected chi connectivity index (χ1v) is 9.62. The molecule has 1 aliphatic rings. The van der Waals surface area contributed by atoms with Crippen LogP contribution < -0.4 is 10.6 Å². The normalized spacial score (nSPS) is 15.4. The lowest BCUT2D eigenvalue weighted by Gasteiger charge is -2.16. The molecule has 8 heteroatoms. The fourth-order valence-corrected chi connectivity index (χ4v) is 3.86. The van der Waals surface area contributed by atoms with Gasteiger partial charge in [-0.05, 0) is 25.5 Å². The van der Waals surface area contributed by atoms with E-state index < -0.39 is 0 Å². The topological polar surface area (TPSA) is 88.9 Å². The third kappa shape index (κ3) is 3.61. The predicted octanol–water partition coefficient (Wildman–Crippen LogP) is 2.82. The van der Waals surface area contributed by atoms with E-state index in [9.17, 15) is 9.59 Å². The molecule has 0 aliphatic carbocycles. The number of carbonyl (C=O) groups excluding carboxylic acids is 2. The molecule has 4 rings (SSSR count). The third-order valence-electron chi connectivity index (χ3n) is 4.55. The number of aryl methyl sites for hydroxylation is 2. The molecule has 0 spiro atoms. The van der Waals surface area contributed by atoms with Gasteiger partial charge in [0, 0.05) is 24.0 Å². The van der Waals surface area contributed by atoms with E-state index in [-0.39, 0.29) is 17.9 Å². The van der Waals surface area contributed by atoms with E-state index in [1.807, 2.05) is 41.8 Å². The van der Waals surface area contributed by atoms with Crippen molar-refractivity contribution in [1.29, 1.82) is 0 Å². The third-order valence-corrected chi connectivity index (χ3v) is 5.33. The number of fused-ring (bicyclic) bond motifs is 1. The van der Waals surface area contributed by atoms with Crippen molar-refractivity contribution in [3.05, 3.63) is 64.1 Å². The van der Waals surface area contributed by atoms with Crippen molar-refractivity contribution in [2.24, 2.45) is 0 Å². The molecule has 138 valence electrons. The number of thiazole rings is 1. The molecule has 1 aliphatic heterocycles. The van der Waals surface area contributed by atoms with E-state index >= 15 is 0 Å². The van der Waals surface area contributed by atoms with Crippen LogP contribution in [-0.4, -0.2) is 32.9 Å². The van der Waals surface area contributed by atoms with Crippen molar-refractivity contribution in [3.63, 3.8) is 0 Å². The maximum Gasteiger partial charge on any atom is 0.273 e. The zero-order chi connectivity index (χ0) is 18.8. The number of aromatic nitrogens is 3. The van der Waals surface area contributed by atoms with Crippen LogP contribution in [0.1, 0.15) is 44.3 Å². The highest BCUT2D eigenvalue weighted by Crippen LogP contribution is 2.27. The minimum absolute atomic E-state index is 0.00251. The SMILES string of the molecule is Cc1nc(C(=O)NCC2CCc3ncc(C(=O)Nc4ccccc4)n32)cs1. The number of hydrogen-bond acceptors (Lipinski definition) is 5. The van der Waals surface area contributed by atoms with Crippen molar-refractivity contribution < 1.29 is 9.59 Å². The molecule has 3 heterocycles. The maximum atomic E-state index is 12.7. The zero-order valence-electron chi connectivity index (χ0n) is 14.8. The monoisotopic (exact) mass is 381 g/mol. The van der Waals surface area contributed by atoms with Gasteiger partial charge in [0.25, 0.3) is 11.8 Å². The van der Waals surface area contributed by atoms with Gasteiger partial charge in [0.05, 0.1) is 17.2 Å². The summed E-state index contributed by atoms with van der Waals surface area (Å²) in [7, 11) is 0. The second kappa shape index (κ2) is 7.32. The van der Waals surface area contributed by atoms with Gasteiger partial charge >= 0.3 is 0 Å². The van der Waals surface area contributed by atoms with Crippen molar-refractivity contribution in [3.8, 4) is 0 Å². The van der Waals surface area contributed by atoms with Gasteiger partial charge in [-0.3, -0.25) is 9.59 Å².